The monoisotopic (exact) mass is 420 g/mol. The lowest BCUT2D eigenvalue weighted by Crippen LogP contribution is -2.45. The fraction of sp³-hybridized carbons (Fsp3) is 0.455. The lowest BCUT2D eigenvalue weighted by molar-refractivity contribution is 0.120. The molecule has 7 heteroatoms. The Kier molecular flexibility index (Phi) is 7.47. The number of ether oxygens (including phenoxy) is 4. The van der Waals surface area contributed by atoms with Crippen LogP contribution in [-0.2, 0) is 13.1 Å². The summed E-state index contributed by atoms with van der Waals surface area (Å²) < 4.78 is 22.0. The third kappa shape index (κ3) is 5.07. The molecule has 6 nitrogen and oxygen atoms in total. The highest BCUT2D eigenvalue weighted by Gasteiger charge is 2.22. The van der Waals surface area contributed by atoms with E-state index >= 15 is 0 Å². The standard InChI is InChI=1S/C22H29ClN2O4/c1-26-19-8-6-18(23)13-17(19)15-25-11-9-24(10-12-25)14-16-5-7-20(27-2)22(29-4)21(16)28-3/h5-8,13H,9-12,14-15H2,1-4H3. The maximum absolute atomic E-state index is 6.17. The molecule has 1 aliphatic rings. The van der Waals surface area contributed by atoms with Crippen LogP contribution in [0, 0.1) is 0 Å². The first-order chi connectivity index (χ1) is 14.1. The van der Waals surface area contributed by atoms with Gasteiger partial charge in [0.05, 0.1) is 28.4 Å². The van der Waals surface area contributed by atoms with Gasteiger partial charge in [0.15, 0.2) is 11.5 Å². The van der Waals surface area contributed by atoms with Crippen LogP contribution in [-0.4, -0.2) is 64.4 Å². The first kappa shape index (κ1) is 21.6. The van der Waals surface area contributed by atoms with Crippen molar-refractivity contribution in [1.29, 1.82) is 0 Å². The van der Waals surface area contributed by atoms with Crippen LogP contribution in [0.1, 0.15) is 11.1 Å². The van der Waals surface area contributed by atoms with Crippen LogP contribution in [0.15, 0.2) is 30.3 Å². The highest BCUT2D eigenvalue weighted by atomic mass is 35.5. The van der Waals surface area contributed by atoms with Gasteiger partial charge in [-0.15, -0.1) is 0 Å². The normalized spacial score (nSPS) is 15.2. The fourth-order valence-electron chi connectivity index (χ4n) is 3.75. The van der Waals surface area contributed by atoms with Gasteiger partial charge in [-0.3, -0.25) is 9.80 Å². The summed E-state index contributed by atoms with van der Waals surface area (Å²) in [4.78, 5) is 4.85. The van der Waals surface area contributed by atoms with Gasteiger partial charge in [0.25, 0.3) is 0 Å². The molecule has 0 unspecified atom stereocenters. The van der Waals surface area contributed by atoms with E-state index in [1.807, 2.05) is 30.3 Å². The molecule has 1 saturated heterocycles. The number of hydrogen-bond donors (Lipinski definition) is 0. The van der Waals surface area contributed by atoms with Crippen molar-refractivity contribution in [3.05, 3.63) is 46.5 Å². The molecule has 0 amide bonds. The quantitative estimate of drug-likeness (QED) is 0.648. The van der Waals surface area contributed by atoms with Crippen molar-refractivity contribution < 1.29 is 18.9 Å². The van der Waals surface area contributed by atoms with Crippen molar-refractivity contribution in [2.75, 3.05) is 54.6 Å². The Morgan fingerprint density at radius 1 is 0.690 bits per heavy atom. The molecule has 158 valence electrons. The van der Waals surface area contributed by atoms with E-state index in [1.165, 1.54) is 0 Å². The first-order valence-corrected chi connectivity index (χ1v) is 10.0. The molecule has 0 spiro atoms. The van der Waals surface area contributed by atoms with Crippen LogP contribution in [0.2, 0.25) is 5.02 Å². The number of halogens is 1. The Hall–Kier alpha value is -2.15. The summed E-state index contributed by atoms with van der Waals surface area (Å²) in [5, 5.41) is 0.736. The summed E-state index contributed by atoms with van der Waals surface area (Å²) in [5.41, 5.74) is 2.21. The van der Waals surface area contributed by atoms with Gasteiger partial charge in [0.1, 0.15) is 5.75 Å². The minimum Gasteiger partial charge on any atom is -0.496 e. The fourth-order valence-corrected chi connectivity index (χ4v) is 3.94. The van der Waals surface area contributed by atoms with Crippen molar-refractivity contribution in [3.8, 4) is 23.0 Å². The Bertz CT molecular complexity index is 823. The Morgan fingerprint density at radius 2 is 1.24 bits per heavy atom. The molecule has 1 heterocycles. The van der Waals surface area contributed by atoms with Gasteiger partial charge >= 0.3 is 0 Å². The van der Waals surface area contributed by atoms with Crippen LogP contribution in [0.4, 0.5) is 0 Å². The maximum atomic E-state index is 6.17. The topological polar surface area (TPSA) is 43.4 Å². The lowest BCUT2D eigenvalue weighted by atomic mass is 10.1. The molecule has 2 aromatic rings. The maximum Gasteiger partial charge on any atom is 0.203 e. The van der Waals surface area contributed by atoms with Crippen LogP contribution in [0.5, 0.6) is 23.0 Å². The van der Waals surface area contributed by atoms with Crippen LogP contribution in [0.25, 0.3) is 0 Å². The van der Waals surface area contributed by atoms with Crippen LogP contribution >= 0.6 is 11.6 Å². The summed E-state index contributed by atoms with van der Waals surface area (Å²) in [6, 6.07) is 9.75. The summed E-state index contributed by atoms with van der Waals surface area (Å²) in [6.07, 6.45) is 0. The van der Waals surface area contributed by atoms with E-state index in [0.717, 1.165) is 66.9 Å². The van der Waals surface area contributed by atoms with Gasteiger partial charge in [-0.1, -0.05) is 17.7 Å². The molecule has 29 heavy (non-hydrogen) atoms. The van der Waals surface area contributed by atoms with Gasteiger partial charge in [-0.2, -0.15) is 0 Å². The van der Waals surface area contributed by atoms with Gasteiger partial charge in [-0.25, -0.2) is 0 Å². The second-order valence-electron chi connectivity index (χ2n) is 7.00. The van der Waals surface area contributed by atoms with E-state index in [4.69, 9.17) is 30.5 Å². The summed E-state index contributed by atoms with van der Waals surface area (Å²) in [7, 11) is 6.62. The van der Waals surface area contributed by atoms with Crippen molar-refractivity contribution in [3.63, 3.8) is 0 Å². The number of nitrogens with zero attached hydrogens (tertiary/aromatic N) is 2. The van der Waals surface area contributed by atoms with Gasteiger partial charge in [0, 0.05) is 55.4 Å². The predicted octanol–water partition coefficient (Wildman–Crippen LogP) is 3.69. The number of rotatable bonds is 8. The molecule has 3 rings (SSSR count). The van der Waals surface area contributed by atoms with E-state index in [-0.39, 0.29) is 0 Å². The second kappa shape index (κ2) is 10.1. The summed E-state index contributed by atoms with van der Waals surface area (Å²) in [6.45, 7) is 5.53. The Morgan fingerprint density at radius 3 is 1.79 bits per heavy atom. The number of piperazine rings is 1. The van der Waals surface area contributed by atoms with Gasteiger partial charge in [-0.05, 0) is 24.3 Å². The molecule has 0 saturated carbocycles. The zero-order valence-electron chi connectivity index (χ0n) is 17.5. The summed E-state index contributed by atoms with van der Waals surface area (Å²) >= 11 is 6.17. The molecular weight excluding hydrogens is 392 g/mol. The van der Waals surface area contributed by atoms with E-state index in [0.29, 0.717) is 11.5 Å². The van der Waals surface area contributed by atoms with Crippen molar-refractivity contribution in [2.45, 2.75) is 13.1 Å². The highest BCUT2D eigenvalue weighted by Crippen LogP contribution is 2.40. The third-order valence-corrected chi connectivity index (χ3v) is 5.52. The van der Waals surface area contributed by atoms with E-state index in [2.05, 4.69) is 9.80 Å². The second-order valence-corrected chi connectivity index (χ2v) is 7.44. The van der Waals surface area contributed by atoms with E-state index in [1.54, 1.807) is 28.4 Å². The molecule has 0 atom stereocenters. The molecule has 0 aromatic heterocycles. The first-order valence-electron chi connectivity index (χ1n) is 9.64. The van der Waals surface area contributed by atoms with Crippen molar-refractivity contribution in [2.24, 2.45) is 0 Å². The largest absolute Gasteiger partial charge is 0.496 e. The van der Waals surface area contributed by atoms with Gasteiger partial charge in [0.2, 0.25) is 5.75 Å². The average Bonchev–Trinajstić information content (AvgIpc) is 2.74. The average molecular weight is 421 g/mol. The smallest absolute Gasteiger partial charge is 0.203 e. The Labute approximate surface area is 177 Å². The molecule has 0 aliphatic carbocycles. The molecule has 1 aliphatic heterocycles. The molecular formula is C22H29ClN2O4. The molecule has 2 aromatic carbocycles. The van der Waals surface area contributed by atoms with Crippen molar-refractivity contribution in [1.82, 2.24) is 9.80 Å². The zero-order valence-corrected chi connectivity index (χ0v) is 18.3. The van der Waals surface area contributed by atoms with E-state index in [9.17, 15) is 0 Å². The predicted molar refractivity (Wildman–Crippen MR) is 115 cm³/mol. The minimum absolute atomic E-state index is 0.638. The highest BCUT2D eigenvalue weighted by molar-refractivity contribution is 6.30. The zero-order chi connectivity index (χ0) is 20.8. The molecule has 1 fully saturated rings. The summed E-state index contributed by atoms with van der Waals surface area (Å²) in [5.74, 6) is 2.93. The van der Waals surface area contributed by atoms with Crippen LogP contribution in [0.3, 0.4) is 0 Å². The lowest BCUT2D eigenvalue weighted by Gasteiger charge is -2.35. The molecule has 0 N–H and O–H groups in total. The number of hydrogen-bond acceptors (Lipinski definition) is 6. The third-order valence-electron chi connectivity index (χ3n) is 5.28. The van der Waals surface area contributed by atoms with Crippen LogP contribution < -0.4 is 18.9 Å². The van der Waals surface area contributed by atoms with Gasteiger partial charge < -0.3 is 18.9 Å². The Balaban J connectivity index is 1.63. The number of benzene rings is 2. The van der Waals surface area contributed by atoms with Crippen molar-refractivity contribution >= 4 is 11.6 Å². The molecule has 0 radical (unpaired) electrons. The minimum atomic E-state index is 0.638. The SMILES string of the molecule is COc1ccc(Cl)cc1CN1CCN(Cc2ccc(OC)c(OC)c2OC)CC1. The molecule has 0 bridgehead atoms. The number of methoxy groups -OCH3 is 4. The van der Waals surface area contributed by atoms with E-state index < -0.39 is 0 Å².